The maximum Gasteiger partial charge on any atom is 0.275 e. The SMILES string of the molecule is CN(C)N(C(=O)COc1ccc(Cl)cc1Cl)[C@@H]1CCS(=O)(=O)C1. The number of nitrogens with zero attached hydrogens (tertiary/aromatic N) is 2. The van der Waals surface area contributed by atoms with E-state index in [0.717, 1.165) is 0 Å². The van der Waals surface area contributed by atoms with Gasteiger partial charge in [-0.2, -0.15) is 0 Å². The summed E-state index contributed by atoms with van der Waals surface area (Å²) in [5, 5.41) is 3.79. The van der Waals surface area contributed by atoms with E-state index in [9.17, 15) is 13.2 Å². The van der Waals surface area contributed by atoms with Crippen LogP contribution in [-0.2, 0) is 14.6 Å². The Balaban J connectivity index is 2.04. The van der Waals surface area contributed by atoms with E-state index in [0.29, 0.717) is 22.2 Å². The third-order valence-corrected chi connectivity index (χ3v) is 5.77. The van der Waals surface area contributed by atoms with Gasteiger partial charge in [-0.25, -0.2) is 13.4 Å². The Morgan fingerprint density at radius 3 is 2.57 bits per heavy atom. The number of hydrogen-bond donors (Lipinski definition) is 0. The molecule has 0 N–H and O–H groups in total. The zero-order valence-corrected chi connectivity index (χ0v) is 15.2. The number of halogens is 2. The van der Waals surface area contributed by atoms with Crippen molar-refractivity contribution >= 4 is 38.9 Å². The summed E-state index contributed by atoms with van der Waals surface area (Å²) in [7, 11) is 0.302. The van der Waals surface area contributed by atoms with Crippen LogP contribution in [-0.4, -0.2) is 62.6 Å². The number of benzene rings is 1. The fraction of sp³-hybridized carbons (Fsp3) is 0.500. The number of carbonyl (C=O) groups is 1. The highest BCUT2D eigenvalue weighted by atomic mass is 35.5. The molecular formula is C14H18Cl2N2O4S. The number of ether oxygens (including phenoxy) is 1. The fourth-order valence-electron chi connectivity index (χ4n) is 2.52. The molecule has 1 aromatic carbocycles. The van der Waals surface area contributed by atoms with Crippen molar-refractivity contribution in [3.05, 3.63) is 28.2 Å². The molecule has 1 fully saturated rings. The minimum absolute atomic E-state index is 0.0291. The molecule has 1 atom stereocenters. The van der Waals surface area contributed by atoms with Gasteiger partial charge in [0.2, 0.25) is 0 Å². The molecule has 1 amide bonds. The van der Waals surface area contributed by atoms with Crippen molar-refractivity contribution < 1.29 is 17.9 Å². The van der Waals surface area contributed by atoms with Crippen molar-refractivity contribution in [1.29, 1.82) is 0 Å². The predicted molar refractivity (Wildman–Crippen MR) is 89.5 cm³/mol. The van der Waals surface area contributed by atoms with E-state index in [1.54, 1.807) is 31.2 Å². The van der Waals surface area contributed by atoms with Crippen molar-refractivity contribution in [2.24, 2.45) is 0 Å². The molecule has 0 aliphatic carbocycles. The molecule has 128 valence electrons. The summed E-state index contributed by atoms with van der Waals surface area (Å²) in [6.07, 6.45) is 0.425. The Hall–Kier alpha value is -1.02. The fourth-order valence-corrected chi connectivity index (χ4v) is 4.67. The normalized spacial score (nSPS) is 19.8. The molecule has 0 unspecified atom stereocenters. The van der Waals surface area contributed by atoms with Gasteiger partial charge in [-0.15, -0.1) is 0 Å². The first-order chi connectivity index (χ1) is 10.7. The van der Waals surface area contributed by atoms with Gasteiger partial charge in [0.05, 0.1) is 22.6 Å². The Morgan fingerprint density at radius 1 is 1.35 bits per heavy atom. The van der Waals surface area contributed by atoms with E-state index >= 15 is 0 Å². The van der Waals surface area contributed by atoms with Gasteiger partial charge in [0.25, 0.3) is 5.91 Å². The smallest absolute Gasteiger partial charge is 0.275 e. The third-order valence-electron chi connectivity index (χ3n) is 3.49. The van der Waals surface area contributed by atoms with E-state index in [2.05, 4.69) is 0 Å². The lowest BCUT2D eigenvalue weighted by molar-refractivity contribution is -0.151. The Morgan fingerprint density at radius 2 is 2.04 bits per heavy atom. The molecule has 1 aromatic rings. The van der Waals surface area contributed by atoms with E-state index in [1.807, 2.05) is 0 Å². The maximum absolute atomic E-state index is 12.4. The Labute approximate surface area is 145 Å². The van der Waals surface area contributed by atoms with Gasteiger partial charge >= 0.3 is 0 Å². The van der Waals surface area contributed by atoms with Crippen LogP contribution in [0, 0.1) is 0 Å². The molecule has 1 saturated heterocycles. The second-order valence-electron chi connectivity index (χ2n) is 5.51. The maximum atomic E-state index is 12.4. The summed E-state index contributed by atoms with van der Waals surface area (Å²) in [6.45, 7) is -0.240. The second kappa shape index (κ2) is 7.25. The van der Waals surface area contributed by atoms with Gasteiger partial charge in [-0.1, -0.05) is 23.2 Å². The number of carbonyl (C=O) groups excluding carboxylic acids is 1. The number of rotatable bonds is 5. The van der Waals surface area contributed by atoms with Crippen LogP contribution in [0.5, 0.6) is 5.75 Å². The first-order valence-corrected chi connectivity index (χ1v) is 9.55. The van der Waals surface area contributed by atoms with E-state index < -0.39 is 9.84 Å². The molecule has 1 aliphatic rings. The molecule has 9 heteroatoms. The summed E-state index contributed by atoms with van der Waals surface area (Å²) < 4.78 is 28.7. The van der Waals surface area contributed by atoms with Gasteiger partial charge in [0.1, 0.15) is 5.75 Å². The van der Waals surface area contributed by atoms with Crippen molar-refractivity contribution in [3.63, 3.8) is 0 Å². The average molecular weight is 381 g/mol. The molecule has 23 heavy (non-hydrogen) atoms. The molecule has 1 aliphatic heterocycles. The molecule has 0 spiro atoms. The predicted octanol–water partition coefficient (Wildman–Crippen LogP) is 1.86. The lowest BCUT2D eigenvalue weighted by atomic mass is 10.2. The van der Waals surface area contributed by atoms with Crippen LogP contribution >= 0.6 is 23.2 Å². The Kier molecular flexibility index (Phi) is 5.78. The monoisotopic (exact) mass is 380 g/mol. The van der Waals surface area contributed by atoms with E-state index in [1.165, 1.54) is 11.1 Å². The lowest BCUT2D eigenvalue weighted by Crippen LogP contribution is -2.51. The van der Waals surface area contributed by atoms with E-state index in [-0.39, 0.29) is 30.1 Å². The summed E-state index contributed by atoms with van der Waals surface area (Å²) in [6, 6.07) is 4.35. The van der Waals surface area contributed by atoms with Crippen molar-refractivity contribution in [2.45, 2.75) is 12.5 Å². The van der Waals surface area contributed by atoms with Crippen LogP contribution in [0.1, 0.15) is 6.42 Å². The largest absolute Gasteiger partial charge is 0.482 e. The molecule has 2 rings (SSSR count). The molecule has 0 radical (unpaired) electrons. The van der Waals surface area contributed by atoms with Crippen LogP contribution in [0.4, 0.5) is 0 Å². The molecule has 1 heterocycles. The highest BCUT2D eigenvalue weighted by Crippen LogP contribution is 2.27. The lowest BCUT2D eigenvalue weighted by Gasteiger charge is -2.33. The highest BCUT2D eigenvalue weighted by molar-refractivity contribution is 7.91. The standard InChI is InChI=1S/C14H18Cl2N2O4S/c1-17(2)18(11-5-6-23(20,21)9-11)14(19)8-22-13-4-3-10(15)7-12(13)16/h3-4,7,11H,5-6,8-9H2,1-2H3/t11-/m1/s1. The van der Waals surface area contributed by atoms with Gasteiger partial charge in [0.15, 0.2) is 16.4 Å². The van der Waals surface area contributed by atoms with Crippen LogP contribution in [0.2, 0.25) is 10.0 Å². The van der Waals surface area contributed by atoms with Crippen LogP contribution in [0.3, 0.4) is 0 Å². The van der Waals surface area contributed by atoms with Crippen LogP contribution < -0.4 is 4.74 Å². The first-order valence-electron chi connectivity index (χ1n) is 6.97. The number of sulfone groups is 1. The molecule has 0 aromatic heterocycles. The topological polar surface area (TPSA) is 66.9 Å². The van der Waals surface area contributed by atoms with Gasteiger partial charge in [-0.3, -0.25) is 9.80 Å². The minimum Gasteiger partial charge on any atom is -0.482 e. The van der Waals surface area contributed by atoms with Crippen molar-refractivity contribution in [1.82, 2.24) is 10.0 Å². The number of amides is 1. The summed E-state index contributed by atoms with van der Waals surface area (Å²) in [5.74, 6) is 0.0860. The van der Waals surface area contributed by atoms with Crippen LogP contribution in [0.25, 0.3) is 0 Å². The first kappa shape index (κ1) is 18.3. The molecular weight excluding hydrogens is 363 g/mol. The zero-order chi connectivity index (χ0) is 17.2. The Bertz CT molecular complexity index is 694. The molecule has 0 bridgehead atoms. The minimum atomic E-state index is -3.08. The van der Waals surface area contributed by atoms with Crippen molar-refractivity contribution in [3.8, 4) is 5.75 Å². The quantitative estimate of drug-likeness (QED) is 0.729. The molecule has 6 nitrogen and oxygen atoms in total. The van der Waals surface area contributed by atoms with Crippen molar-refractivity contribution in [2.75, 3.05) is 32.2 Å². The summed E-state index contributed by atoms with van der Waals surface area (Å²) in [4.78, 5) is 12.4. The summed E-state index contributed by atoms with van der Waals surface area (Å²) in [5.41, 5.74) is 0. The van der Waals surface area contributed by atoms with Gasteiger partial charge in [-0.05, 0) is 24.6 Å². The number of hydrogen-bond acceptors (Lipinski definition) is 5. The zero-order valence-electron chi connectivity index (χ0n) is 12.8. The van der Waals surface area contributed by atoms with Gasteiger partial charge < -0.3 is 4.74 Å². The van der Waals surface area contributed by atoms with Gasteiger partial charge in [0, 0.05) is 19.1 Å². The molecule has 0 saturated carbocycles. The highest BCUT2D eigenvalue weighted by Gasteiger charge is 2.36. The average Bonchev–Trinajstić information content (AvgIpc) is 2.77. The van der Waals surface area contributed by atoms with E-state index in [4.69, 9.17) is 27.9 Å². The summed E-state index contributed by atoms with van der Waals surface area (Å²) >= 11 is 11.8. The number of hydrazine groups is 1. The van der Waals surface area contributed by atoms with Crippen LogP contribution in [0.15, 0.2) is 18.2 Å². The second-order valence-corrected chi connectivity index (χ2v) is 8.58. The third kappa shape index (κ3) is 4.73.